The molecule has 11 heteroatoms. The molecule has 2 fully saturated rings. The molecule has 232 valence electrons. The molecule has 0 bridgehead atoms. The first-order valence-electron chi connectivity index (χ1n) is 15.2. The Balaban J connectivity index is 1.85. The molecule has 0 radical (unpaired) electrons. The van der Waals surface area contributed by atoms with Crippen molar-refractivity contribution in [3.05, 3.63) is 35.9 Å². The van der Waals surface area contributed by atoms with Gasteiger partial charge in [-0.25, -0.2) is 0 Å². The van der Waals surface area contributed by atoms with Gasteiger partial charge >= 0.3 is 0 Å². The van der Waals surface area contributed by atoms with Crippen molar-refractivity contribution in [3.63, 3.8) is 0 Å². The van der Waals surface area contributed by atoms with E-state index in [2.05, 4.69) is 16.0 Å². The Kier molecular flexibility index (Phi) is 12.9. The lowest BCUT2D eigenvalue weighted by Crippen LogP contribution is -2.64. The van der Waals surface area contributed by atoms with Crippen molar-refractivity contribution < 1.29 is 34.2 Å². The van der Waals surface area contributed by atoms with E-state index in [1.165, 1.54) is 0 Å². The van der Waals surface area contributed by atoms with Crippen molar-refractivity contribution in [1.29, 1.82) is 0 Å². The average molecular weight is 587 g/mol. The quantitative estimate of drug-likeness (QED) is 0.228. The number of hydrogen-bond acceptors (Lipinski definition) is 7. The van der Waals surface area contributed by atoms with Crippen molar-refractivity contribution in [2.75, 3.05) is 13.2 Å². The van der Waals surface area contributed by atoms with Crippen LogP contribution in [0, 0.1) is 5.92 Å². The molecule has 42 heavy (non-hydrogen) atoms. The molecule has 4 amide bonds. The Hall–Kier alpha value is -3.31. The number of unbranched alkanes of at least 4 members (excludes halogenated alkanes) is 2. The summed E-state index contributed by atoms with van der Waals surface area (Å²) in [5.41, 5.74) is 0.836. The second kappa shape index (κ2) is 16.4. The molecule has 2 saturated heterocycles. The summed E-state index contributed by atoms with van der Waals surface area (Å²) in [6, 6.07) is 5.81. The zero-order valence-corrected chi connectivity index (χ0v) is 24.7. The molecule has 0 unspecified atom stereocenters. The molecule has 1 aromatic rings. The number of ketones is 1. The van der Waals surface area contributed by atoms with E-state index in [1.54, 1.807) is 4.90 Å². The van der Waals surface area contributed by atoms with Crippen LogP contribution in [0.25, 0.3) is 0 Å². The molecular weight excluding hydrogens is 540 g/mol. The van der Waals surface area contributed by atoms with Crippen LogP contribution in [0.15, 0.2) is 30.3 Å². The molecule has 3 rings (SSSR count). The summed E-state index contributed by atoms with van der Waals surface area (Å²) in [6.07, 6.45) is 3.33. The van der Waals surface area contributed by atoms with Crippen molar-refractivity contribution >= 4 is 29.4 Å². The molecule has 2 heterocycles. The number of piperidine rings is 1. The van der Waals surface area contributed by atoms with Gasteiger partial charge in [0.2, 0.25) is 23.6 Å². The number of benzene rings is 1. The summed E-state index contributed by atoms with van der Waals surface area (Å²) in [6.45, 7) is 3.62. The first kappa shape index (κ1) is 33.2. The van der Waals surface area contributed by atoms with Crippen molar-refractivity contribution in [2.24, 2.45) is 5.92 Å². The molecule has 0 saturated carbocycles. The van der Waals surface area contributed by atoms with Gasteiger partial charge in [0, 0.05) is 19.4 Å². The second-order valence-corrected chi connectivity index (χ2v) is 11.5. The summed E-state index contributed by atoms with van der Waals surface area (Å²) >= 11 is 0. The summed E-state index contributed by atoms with van der Waals surface area (Å²) in [5.74, 6) is -2.23. The van der Waals surface area contributed by atoms with Crippen molar-refractivity contribution in [3.8, 4) is 0 Å². The standard InChI is InChI=1S/C31H46N4O7/c1-3-20(2)27-31(42)35-17-11-10-15-24(35)30(41)32-22(14-8-5-9-16-25(37)26(38)19-36)28(39)33-23(29(40)34-27)18-21-12-6-4-7-13-21/h4,6-7,12-13,20,22-24,26-27,36,38H,3,5,8-11,14-19H2,1-2H3,(H,32,41)(H,33,39)(H,34,40)/t20-,22-,23-,24+,26+,27-/m0/s1. The summed E-state index contributed by atoms with van der Waals surface area (Å²) in [4.78, 5) is 68.1. The van der Waals surface area contributed by atoms with Gasteiger partial charge in [0.15, 0.2) is 5.78 Å². The minimum absolute atomic E-state index is 0.0980. The van der Waals surface area contributed by atoms with E-state index in [4.69, 9.17) is 5.11 Å². The lowest BCUT2D eigenvalue weighted by molar-refractivity contribution is -0.147. The van der Waals surface area contributed by atoms with Gasteiger partial charge in [0.05, 0.1) is 6.61 Å². The van der Waals surface area contributed by atoms with Gasteiger partial charge in [-0.15, -0.1) is 0 Å². The minimum Gasteiger partial charge on any atom is -0.393 e. The third-order valence-electron chi connectivity index (χ3n) is 8.37. The van der Waals surface area contributed by atoms with Crippen molar-refractivity contribution in [1.82, 2.24) is 20.9 Å². The highest BCUT2D eigenvalue weighted by molar-refractivity contribution is 5.97. The lowest BCUT2D eigenvalue weighted by Gasteiger charge is -2.39. The van der Waals surface area contributed by atoms with Crippen LogP contribution in [-0.2, 0) is 30.4 Å². The monoisotopic (exact) mass is 586 g/mol. The fourth-order valence-corrected chi connectivity index (χ4v) is 5.54. The number of aliphatic hydroxyl groups excluding tert-OH is 2. The normalized spacial score (nSPS) is 25.2. The fraction of sp³-hybridized carbons (Fsp3) is 0.645. The number of rotatable bonds is 12. The van der Waals surface area contributed by atoms with Crippen LogP contribution in [-0.4, -0.2) is 87.9 Å². The number of aliphatic hydroxyl groups is 2. The highest BCUT2D eigenvalue weighted by atomic mass is 16.3. The van der Waals surface area contributed by atoms with E-state index >= 15 is 0 Å². The van der Waals surface area contributed by atoms with E-state index < -0.39 is 54.5 Å². The number of nitrogens with one attached hydrogen (secondary N) is 3. The minimum atomic E-state index is -1.39. The van der Waals surface area contributed by atoms with E-state index in [0.29, 0.717) is 38.6 Å². The SMILES string of the molecule is CC[C@H](C)[C@@H]1NC(=O)[C@H](Cc2ccccc2)NC(=O)[C@H](CCCCCC(=O)[C@H](O)CO)NC(=O)[C@H]2CCCCN2C1=O. The maximum atomic E-state index is 13.8. The molecule has 11 nitrogen and oxygen atoms in total. The van der Waals surface area contributed by atoms with Crippen LogP contribution in [0.1, 0.15) is 77.2 Å². The Morgan fingerprint density at radius 3 is 2.33 bits per heavy atom. The van der Waals surface area contributed by atoms with Gasteiger partial charge in [-0.2, -0.15) is 0 Å². The van der Waals surface area contributed by atoms with Gasteiger partial charge < -0.3 is 31.1 Å². The Bertz CT molecular complexity index is 1080. The molecule has 6 atom stereocenters. The maximum absolute atomic E-state index is 13.8. The van der Waals surface area contributed by atoms with E-state index in [0.717, 1.165) is 18.4 Å². The molecule has 0 aromatic heterocycles. The van der Waals surface area contributed by atoms with Gasteiger partial charge in [-0.05, 0) is 43.6 Å². The van der Waals surface area contributed by atoms with Gasteiger partial charge in [-0.1, -0.05) is 63.4 Å². The third kappa shape index (κ3) is 9.09. The smallest absolute Gasteiger partial charge is 0.246 e. The summed E-state index contributed by atoms with van der Waals surface area (Å²) in [7, 11) is 0. The van der Waals surface area contributed by atoms with Crippen LogP contribution in [0.2, 0.25) is 0 Å². The predicted molar refractivity (Wildman–Crippen MR) is 156 cm³/mol. The van der Waals surface area contributed by atoms with Gasteiger partial charge in [-0.3, -0.25) is 24.0 Å². The molecule has 5 N–H and O–H groups in total. The van der Waals surface area contributed by atoms with E-state index in [1.807, 2.05) is 44.2 Å². The van der Waals surface area contributed by atoms with Crippen LogP contribution in [0.3, 0.4) is 0 Å². The van der Waals surface area contributed by atoms with E-state index in [9.17, 15) is 29.1 Å². The number of Topliss-reactive ketones (excluding diaryl/α,β-unsaturated/α-hetero) is 1. The first-order chi connectivity index (χ1) is 20.2. The molecule has 1 aromatic carbocycles. The van der Waals surface area contributed by atoms with Crippen LogP contribution in [0.4, 0.5) is 0 Å². The van der Waals surface area contributed by atoms with E-state index in [-0.39, 0.29) is 37.0 Å². The number of nitrogens with zero attached hydrogens (tertiary/aromatic N) is 1. The highest BCUT2D eigenvalue weighted by Gasteiger charge is 2.40. The van der Waals surface area contributed by atoms with Crippen LogP contribution in [0.5, 0.6) is 0 Å². The number of carbonyl (C=O) groups is 5. The van der Waals surface area contributed by atoms with Crippen LogP contribution >= 0.6 is 0 Å². The van der Waals surface area contributed by atoms with Gasteiger partial charge in [0.1, 0.15) is 30.3 Å². The first-order valence-corrected chi connectivity index (χ1v) is 15.2. The fourth-order valence-electron chi connectivity index (χ4n) is 5.54. The molecule has 2 aliphatic heterocycles. The Labute approximate surface area is 247 Å². The zero-order chi connectivity index (χ0) is 30.6. The molecular formula is C31H46N4O7. The Morgan fingerprint density at radius 2 is 1.64 bits per heavy atom. The molecule has 0 spiro atoms. The highest BCUT2D eigenvalue weighted by Crippen LogP contribution is 2.22. The lowest BCUT2D eigenvalue weighted by atomic mass is 9.93. The molecule has 2 aliphatic rings. The summed E-state index contributed by atoms with van der Waals surface area (Å²) in [5, 5.41) is 27.0. The number of fused-ring (bicyclic) bond motifs is 1. The second-order valence-electron chi connectivity index (χ2n) is 11.5. The third-order valence-corrected chi connectivity index (χ3v) is 8.37. The number of hydrogen-bond donors (Lipinski definition) is 5. The zero-order valence-electron chi connectivity index (χ0n) is 24.7. The average Bonchev–Trinajstić information content (AvgIpc) is 3.01. The number of carbonyl (C=O) groups excluding carboxylic acids is 5. The van der Waals surface area contributed by atoms with Gasteiger partial charge in [0.25, 0.3) is 0 Å². The largest absolute Gasteiger partial charge is 0.393 e. The number of amides is 4. The topological polar surface area (TPSA) is 165 Å². The predicted octanol–water partition coefficient (Wildman–Crippen LogP) is 0.997. The van der Waals surface area contributed by atoms with Crippen molar-refractivity contribution in [2.45, 2.75) is 108 Å². The molecule has 0 aliphatic carbocycles. The maximum Gasteiger partial charge on any atom is 0.246 e. The van der Waals surface area contributed by atoms with Crippen LogP contribution < -0.4 is 16.0 Å². The Morgan fingerprint density at radius 1 is 0.952 bits per heavy atom. The summed E-state index contributed by atoms with van der Waals surface area (Å²) < 4.78 is 0.